The van der Waals surface area contributed by atoms with Crippen molar-refractivity contribution in [2.45, 2.75) is 27.2 Å². The summed E-state index contributed by atoms with van der Waals surface area (Å²) < 4.78 is 0. The summed E-state index contributed by atoms with van der Waals surface area (Å²) in [5.41, 5.74) is 1.35. The second-order valence-electron chi connectivity index (χ2n) is 1.71. The quantitative estimate of drug-likeness (QED) is 0.688. The molecule has 1 rings (SSSR count). The van der Waals surface area contributed by atoms with Gasteiger partial charge in [0.15, 0.2) is 0 Å². The van der Waals surface area contributed by atoms with E-state index in [0.717, 1.165) is 6.42 Å². The molecule has 0 N–H and O–H groups in total. The topological polar surface area (TPSA) is 12.9 Å². The van der Waals surface area contributed by atoms with Gasteiger partial charge in [0.25, 0.3) is 0 Å². The van der Waals surface area contributed by atoms with E-state index in [1.165, 1.54) is 5.56 Å². The van der Waals surface area contributed by atoms with Crippen LogP contribution < -0.4 is 0 Å². The molecule has 0 aromatic carbocycles. The van der Waals surface area contributed by atoms with Gasteiger partial charge in [0, 0.05) is 45.1 Å². The molecular formula is C10H18NY-. The van der Waals surface area contributed by atoms with Crippen LogP contribution in [0.5, 0.6) is 0 Å². The maximum Gasteiger partial charge on any atom is 0.0270 e. The molecule has 0 aliphatic heterocycles. The summed E-state index contributed by atoms with van der Waals surface area (Å²) in [5.74, 6) is 0. The van der Waals surface area contributed by atoms with Gasteiger partial charge in [0.05, 0.1) is 0 Å². The van der Waals surface area contributed by atoms with Crippen LogP contribution in [0.25, 0.3) is 0 Å². The van der Waals surface area contributed by atoms with E-state index in [9.17, 15) is 0 Å². The van der Waals surface area contributed by atoms with Crippen LogP contribution in [0, 0.1) is 7.43 Å². The fourth-order valence-electron chi connectivity index (χ4n) is 0.618. The predicted octanol–water partition coefficient (Wildman–Crippen LogP) is 3.12. The minimum Gasteiger partial charge on any atom is -0.358 e. The van der Waals surface area contributed by atoms with Crippen molar-refractivity contribution in [3.8, 4) is 0 Å². The molecule has 0 aliphatic rings. The summed E-state index contributed by atoms with van der Waals surface area (Å²) in [6, 6.07) is 4.06. The van der Waals surface area contributed by atoms with Crippen molar-refractivity contribution >= 4 is 0 Å². The van der Waals surface area contributed by atoms with E-state index in [1.807, 2.05) is 38.4 Å². The molecule has 0 fully saturated rings. The van der Waals surface area contributed by atoms with Gasteiger partial charge in [-0.2, -0.15) is 0 Å². The third-order valence-electron chi connectivity index (χ3n) is 1.16. The molecule has 0 aliphatic carbocycles. The molecule has 12 heavy (non-hydrogen) atoms. The van der Waals surface area contributed by atoms with Crippen LogP contribution in [0.15, 0.2) is 24.5 Å². The van der Waals surface area contributed by atoms with Crippen LogP contribution in [0.1, 0.15) is 26.3 Å². The number of hydrogen-bond acceptors (Lipinski definition) is 1. The Labute approximate surface area is 102 Å². The SMILES string of the molecule is CC.CCc1ccncc1.[CH3-].[Y]. The van der Waals surface area contributed by atoms with Gasteiger partial charge in [-0.25, -0.2) is 0 Å². The van der Waals surface area contributed by atoms with Crippen LogP contribution in [0.4, 0.5) is 0 Å². The Kier molecular flexibility index (Phi) is 20.9. The monoisotopic (exact) mass is 241 g/mol. The van der Waals surface area contributed by atoms with E-state index < -0.39 is 0 Å². The standard InChI is InChI=1S/C7H9N.C2H6.CH3.Y/c1-2-7-3-5-8-6-4-7;1-2;;/h3-6H,2H2,1H3;1-2H3;1H3;/q;;-1;. The van der Waals surface area contributed by atoms with E-state index in [-0.39, 0.29) is 40.1 Å². The maximum absolute atomic E-state index is 3.89. The molecule has 0 bridgehead atoms. The van der Waals surface area contributed by atoms with Gasteiger partial charge in [0.2, 0.25) is 0 Å². The Bertz CT molecular complexity index is 151. The molecule has 0 saturated carbocycles. The molecule has 1 aromatic rings. The van der Waals surface area contributed by atoms with Crippen LogP contribution >= 0.6 is 0 Å². The fraction of sp³-hybridized carbons (Fsp3) is 0.400. The van der Waals surface area contributed by atoms with Crippen molar-refractivity contribution in [3.05, 3.63) is 37.5 Å². The maximum atomic E-state index is 3.89. The second kappa shape index (κ2) is 13.8. The Morgan fingerprint density at radius 3 is 1.83 bits per heavy atom. The Balaban J connectivity index is -0.000000189. The predicted molar refractivity (Wildman–Crippen MR) is 51.4 cm³/mol. The van der Waals surface area contributed by atoms with Gasteiger partial charge in [-0.1, -0.05) is 20.8 Å². The largest absolute Gasteiger partial charge is 0.358 e. The zero-order chi connectivity index (χ0) is 7.82. The number of aromatic nitrogens is 1. The van der Waals surface area contributed by atoms with Crippen molar-refractivity contribution in [1.29, 1.82) is 0 Å². The van der Waals surface area contributed by atoms with Crippen LogP contribution in [0.2, 0.25) is 0 Å². The number of pyridine rings is 1. The fourth-order valence-corrected chi connectivity index (χ4v) is 0.618. The summed E-state index contributed by atoms with van der Waals surface area (Å²) in [4.78, 5) is 3.89. The summed E-state index contributed by atoms with van der Waals surface area (Å²) in [7, 11) is 0. The molecule has 67 valence electrons. The molecule has 1 aromatic heterocycles. The zero-order valence-corrected chi connectivity index (χ0v) is 11.4. The van der Waals surface area contributed by atoms with Crippen molar-refractivity contribution in [2.24, 2.45) is 0 Å². The molecule has 2 heteroatoms. The van der Waals surface area contributed by atoms with Gasteiger partial charge in [0.1, 0.15) is 0 Å². The molecule has 0 atom stereocenters. The first-order valence-corrected chi connectivity index (χ1v) is 3.82. The van der Waals surface area contributed by atoms with Gasteiger partial charge in [-0.15, -0.1) is 0 Å². The molecule has 1 heterocycles. The Hall–Kier alpha value is 0.254. The van der Waals surface area contributed by atoms with Crippen molar-refractivity contribution in [1.82, 2.24) is 4.98 Å². The van der Waals surface area contributed by atoms with Gasteiger partial charge in [-0.3, -0.25) is 4.98 Å². The summed E-state index contributed by atoms with van der Waals surface area (Å²) in [6.45, 7) is 6.13. The molecular weight excluding hydrogens is 223 g/mol. The Morgan fingerprint density at radius 1 is 1.17 bits per heavy atom. The molecule has 0 unspecified atom stereocenters. The third-order valence-corrected chi connectivity index (χ3v) is 1.16. The molecule has 1 radical (unpaired) electrons. The number of nitrogens with zero attached hydrogens (tertiary/aromatic N) is 1. The Morgan fingerprint density at radius 2 is 1.58 bits per heavy atom. The van der Waals surface area contributed by atoms with E-state index in [4.69, 9.17) is 0 Å². The van der Waals surface area contributed by atoms with E-state index in [2.05, 4.69) is 11.9 Å². The molecule has 0 spiro atoms. The number of hydrogen-bond donors (Lipinski definition) is 0. The number of aryl methyl sites for hydroxylation is 1. The molecule has 1 nitrogen and oxygen atoms in total. The second-order valence-corrected chi connectivity index (χ2v) is 1.71. The van der Waals surface area contributed by atoms with Crippen molar-refractivity contribution in [3.63, 3.8) is 0 Å². The van der Waals surface area contributed by atoms with Gasteiger partial charge < -0.3 is 7.43 Å². The van der Waals surface area contributed by atoms with E-state index in [0.29, 0.717) is 0 Å². The first kappa shape index (κ1) is 18.1. The first-order chi connectivity index (χ1) is 4.93. The van der Waals surface area contributed by atoms with Crippen molar-refractivity contribution < 1.29 is 32.7 Å². The van der Waals surface area contributed by atoms with Crippen LogP contribution in [-0.2, 0) is 39.1 Å². The van der Waals surface area contributed by atoms with Crippen LogP contribution in [-0.4, -0.2) is 4.98 Å². The van der Waals surface area contributed by atoms with E-state index in [1.54, 1.807) is 0 Å². The summed E-state index contributed by atoms with van der Waals surface area (Å²) >= 11 is 0. The van der Waals surface area contributed by atoms with E-state index >= 15 is 0 Å². The summed E-state index contributed by atoms with van der Waals surface area (Å²) in [6.07, 6.45) is 4.74. The average Bonchev–Trinajstić information content (AvgIpc) is 2.10. The molecule has 0 amide bonds. The summed E-state index contributed by atoms with van der Waals surface area (Å²) in [5, 5.41) is 0. The van der Waals surface area contributed by atoms with Crippen LogP contribution in [0.3, 0.4) is 0 Å². The first-order valence-electron chi connectivity index (χ1n) is 3.82. The normalized spacial score (nSPS) is 6.58. The van der Waals surface area contributed by atoms with Gasteiger partial charge in [-0.05, 0) is 24.1 Å². The third kappa shape index (κ3) is 8.35. The minimum atomic E-state index is 0. The smallest absolute Gasteiger partial charge is 0.0270 e. The van der Waals surface area contributed by atoms with Gasteiger partial charge >= 0.3 is 0 Å². The molecule has 0 saturated heterocycles. The zero-order valence-electron chi connectivity index (χ0n) is 8.54. The van der Waals surface area contributed by atoms with Crippen molar-refractivity contribution in [2.75, 3.05) is 0 Å². The number of rotatable bonds is 1. The average molecular weight is 241 g/mol. The minimum absolute atomic E-state index is 0.